The molecule has 0 atom stereocenters. The van der Waals surface area contributed by atoms with E-state index in [9.17, 15) is 4.79 Å². The molecule has 116 valence electrons. The van der Waals surface area contributed by atoms with Crippen LogP contribution in [0.15, 0.2) is 53.1 Å². The smallest absolute Gasteiger partial charge is 0.328 e. The molecule has 0 saturated heterocycles. The topological polar surface area (TPSA) is 63.8 Å². The lowest BCUT2D eigenvalue weighted by atomic mass is 10.1. The van der Waals surface area contributed by atoms with Crippen molar-refractivity contribution in [1.29, 1.82) is 0 Å². The molecule has 2 aromatic heterocycles. The Morgan fingerprint density at radius 2 is 2.00 bits per heavy atom. The summed E-state index contributed by atoms with van der Waals surface area (Å²) in [5, 5.41) is 8.93. The lowest BCUT2D eigenvalue weighted by Crippen LogP contribution is -1.91. The van der Waals surface area contributed by atoms with Crippen LogP contribution < -0.4 is 4.74 Å². The van der Waals surface area contributed by atoms with Crippen LogP contribution in [0.4, 0.5) is 0 Å². The van der Waals surface area contributed by atoms with Crippen LogP contribution in [0, 0.1) is 0 Å². The average molecular weight is 373 g/mol. The number of imidazole rings is 1. The molecule has 0 aliphatic carbocycles. The first kappa shape index (κ1) is 15.3. The quantitative estimate of drug-likeness (QED) is 0.706. The largest absolute Gasteiger partial charge is 0.497 e. The van der Waals surface area contributed by atoms with E-state index in [1.165, 1.54) is 0 Å². The highest BCUT2D eigenvalue weighted by molar-refractivity contribution is 9.10. The van der Waals surface area contributed by atoms with Gasteiger partial charge in [0, 0.05) is 22.3 Å². The second-order valence-electron chi connectivity index (χ2n) is 4.82. The second-order valence-corrected chi connectivity index (χ2v) is 5.74. The number of carboxylic acids is 1. The molecule has 1 N–H and O–H groups in total. The predicted octanol–water partition coefficient (Wildman–Crippen LogP) is 3.87. The van der Waals surface area contributed by atoms with Crippen LogP contribution >= 0.6 is 15.9 Å². The molecule has 0 amide bonds. The zero-order valence-electron chi connectivity index (χ0n) is 12.2. The van der Waals surface area contributed by atoms with Gasteiger partial charge in [-0.25, -0.2) is 9.78 Å². The number of carbonyl (C=O) groups is 1. The van der Waals surface area contributed by atoms with Crippen LogP contribution in [0.5, 0.6) is 5.75 Å². The lowest BCUT2D eigenvalue weighted by molar-refractivity contribution is -0.131. The summed E-state index contributed by atoms with van der Waals surface area (Å²) in [4.78, 5) is 15.5. The second kappa shape index (κ2) is 6.26. The van der Waals surface area contributed by atoms with Crippen LogP contribution in [0.3, 0.4) is 0 Å². The van der Waals surface area contributed by atoms with Crippen molar-refractivity contribution in [2.75, 3.05) is 7.11 Å². The highest BCUT2D eigenvalue weighted by atomic mass is 79.9. The van der Waals surface area contributed by atoms with Gasteiger partial charge in [0.05, 0.1) is 18.5 Å². The third-order valence-electron chi connectivity index (χ3n) is 3.37. The van der Waals surface area contributed by atoms with Crippen LogP contribution in [-0.4, -0.2) is 27.6 Å². The molecular formula is C17H13BrN2O3. The summed E-state index contributed by atoms with van der Waals surface area (Å²) >= 11 is 3.43. The van der Waals surface area contributed by atoms with Crippen LogP contribution in [0.1, 0.15) is 5.69 Å². The van der Waals surface area contributed by atoms with E-state index in [0.29, 0.717) is 11.4 Å². The van der Waals surface area contributed by atoms with Crippen molar-refractivity contribution < 1.29 is 14.6 Å². The van der Waals surface area contributed by atoms with E-state index in [0.717, 1.165) is 27.5 Å². The Morgan fingerprint density at radius 3 is 2.65 bits per heavy atom. The number of methoxy groups -OCH3 is 1. The fourth-order valence-corrected chi connectivity index (χ4v) is 2.64. The maximum absolute atomic E-state index is 10.9. The molecule has 3 aromatic rings. The highest BCUT2D eigenvalue weighted by Gasteiger charge is 2.12. The summed E-state index contributed by atoms with van der Waals surface area (Å²) in [6.07, 6.45) is 4.52. The molecule has 0 spiro atoms. The van der Waals surface area contributed by atoms with Crippen molar-refractivity contribution in [2.45, 2.75) is 0 Å². The van der Waals surface area contributed by atoms with Crippen LogP contribution in [0.25, 0.3) is 23.0 Å². The van der Waals surface area contributed by atoms with Gasteiger partial charge in [0.1, 0.15) is 11.4 Å². The Morgan fingerprint density at radius 1 is 1.26 bits per heavy atom. The number of benzene rings is 1. The minimum Gasteiger partial charge on any atom is -0.497 e. The van der Waals surface area contributed by atoms with E-state index < -0.39 is 5.97 Å². The minimum atomic E-state index is -1.00. The van der Waals surface area contributed by atoms with Gasteiger partial charge in [-0.05, 0) is 58.4 Å². The van der Waals surface area contributed by atoms with Crippen LogP contribution in [-0.2, 0) is 4.79 Å². The van der Waals surface area contributed by atoms with Gasteiger partial charge in [-0.15, -0.1) is 0 Å². The zero-order chi connectivity index (χ0) is 16.4. The number of hydrogen-bond acceptors (Lipinski definition) is 3. The van der Waals surface area contributed by atoms with Gasteiger partial charge in [0.25, 0.3) is 0 Å². The number of pyridine rings is 1. The molecule has 0 radical (unpaired) electrons. The molecule has 2 heterocycles. The number of aromatic nitrogens is 2. The maximum Gasteiger partial charge on any atom is 0.328 e. The highest BCUT2D eigenvalue weighted by Crippen LogP contribution is 2.28. The van der Waals surface area contributed by atoms with E-state index in [-0.39, 0.29) is 0 Å². The van der Waals surface area contributed by atoms with Gasteiger partial charge in [0.15, 0.2) is 0 Å². The number of carboxylic acid groups (broad SMARTS) is 1. The number of aliphatic carboxylic acids is 1. The first-order valence-corrected chi connectivity index (χ1v) is 7.61. The van der Waals surface area contributed by atoms with Gasteiger partial charge in [0.2, 0.25) is 0 Å². The monoisotopic (exact) mass is 372 g/mol. The summed E-state index contributed by atoms with van der Waals surface area (Å²) in [5.41, 5.74) is 3.04. The zero-order valence-corrected chi connectivity index (χ0v) is 13.8. The Hall–Kier alpha value is -2.60. The molecule has 23 heavy (non-hydrogen) atoms. The third-order valence-corrected chi connectivity index (χ3v) is 3.84. The SMILES string of the molecule is COc1ccc(-c2nc3ccc(Br)cn3c2/C=C\C(=O)O)cc1. The number of nitrogens with zero attached hydrogens (tertiary/aromatic N) is 2. The van der Waals surface area contributed by atoms with Gasteiger partial charge in [-0.2, -0.15) is 0 Å². The van der Waals surface area contributed by atoms with Crippen molar-refractivity contribution >= 4 is 33.6 Å². The Kier molecular flexibility index (Phi) is 4.16. The molecule has 0 aliphatic heterocycles. The van der Waals surface area contributed by atoms with Crippen molar-refractivity contribution in [3.63, 3.8) is 0 Å². The number of halogens is 1. The number of fused-ring (bicyclic) bond motifs is 1. The van der Waals surface area contributed by atoms with Crippen molar-refractivity contribution in [3.8, 4) is 17.0 Å². The molecule has 6 heteroatoms. The molecule has 5 nitrogen and oxygen atoms in total. The average Bonchev–Trinajstić information content (AvgIpc) is 2.90. The normalized spacial score (nSPS) is 11.2. The fourth-order valence-electron chi connectivity index (χ4n) is 2.31. The predicted molar refractivity (Wildman–Crippen MR) is 91.5 cm³/mol. The van der Waals surface area contributed by atoms with E-state index in [2.05, 4.69) is 20.9 Å². The Balaban J connectivity index is 2.21. The van der Waals surface area contributed by atoms with E-state index in [4.69, 9.17) is 9.84 Å². The molecule has 0 fully saturated rings. The summed E-state index contributed by atoms with van der Waals surface area (Å²) < 4.78 is 7.90. The molecule has 3 rings (SSSR count). The first-order chi connectivity index (χ1) is 11.1. The molecular weight excluding hydrogens is 360 g/mol. The van der Waals surface area contributed by atoms with Crippen molar-refractivity contribution in [2.24, 2.45) is 0 Å². The Labute approximate surface area is 141 Å². The molecule has 1 aromatic carbocycles. The summed E-state index contributed by atoms with van der Waals surface area (Å²) in [5.74, 6) is -0.251. The minimum absolute atomic E-state index is 0.703. The van der Waals surface area contributed by atoms with E-state index >= 15 is 0 Å². The van der Waals surface area contributed by atoms with Gasteiger partial charge in [-0.3, -0.25) is 4.40 Å². The maximum atomic E-state index is 10.9. The standard InChI is InChI=1S/C17H13BrN2O3/c1-23-13-5-2-11(3-6-13)17-14(7-9-16(21)22)20-10-12(18)4-8-15(20)19-17/h2-10H,1H3,(H,21,22)/b9-7-. The first-order valence-electron chi connectivity index (χ1n) is 6.81. The fraction of sp³-hybridized carbons (Fsp3) is 0.0588. The molecule has 0 saturated carbocycles. The van der Waals surface area contributed by atoms with Crippen molar-refractivity contribution in [1.82, 2.24) is 9.38 Å². The molecule has 0 unspecified atom stereocenters. The lowest BCUT2D eigenvalue weighted by Gasteiger charge is -2.03. The van der Waals surface area contributed by atoms with E-state index in [1.807, 2.05) is 47.0 Å². The van der Waals surface area contributed by atoms with Gasteiger partial charge >= 0.3 is 5.97 Å². The molecule has 0 aliphatic rings. The third kappa shape index (κ3) is 3.12. The summed E-state index contributed by atoms with van der Waals surface area (Å²) in [6.45, 7) is 0. The number of hydrogen-bond donors (Lipinski definition) is 1. The molecule has 0 bridgehead atoms. The van der Waals surface area contributed by atoms with E-state index in [1.54, 1.807) is 13.2 Å². The Bertz CT molecular complexity index is 898. The summed E-state index contributed by atoms with van der Waals surface area (Å²) in [6, 6.07) is 11.3. The summed E-state index contributed by atoms with van der Waals surface area (Å²) in [7, 11) is 1.61. The van der Waals surface area contributed by atoms with Gasteiger partial charge < -0.3 is 9.84 Å². The van der Waals surface area contributed by atoms with Gasteiger partial charge in [-0.1, -0.05) is 0 Å². The number of rotatable bonds is 4. The van der Waals surface area contributed by atoms with Crippen molar-refractivity contribution in [3.05, 3.63) is 58.8 Å². The van der Waals surface area contributed by atoms with Crippen LogP contribution in [0.2, 0.25) is 0 Å². The number of ether oxygens (including phenoxy) is 1.